The van der Waals surface area contributed by atoms with Crippen molar-refractivity contribution >= 4 is 84.7 Å². The topological polar surface area (TPSA) is 6.48 Å². The zero-order valence-corrected chi connectivity index (χ0v) is 35.2. The van der Waals surface area contributed by atoms with E-state index < -0.39 is 16.1 Å². The van der Waals surface area contributed by atoms with Gasteiger partial charge in [0, 0.05) is 59.5 Å². The summed E-state index contributed by atoms with van der Waals surface area (Å²) in [5, 5.41) is 7.85. The molecule has 0 radical (unpaired) electrons. The summed E-state index contributed by atoms with van der Waals surface area (Å²) in [7, 11) is 1.32. The van der Waals surface area contributed by atoms with Gasteiger partial charge in [-0.25, -0.2) is 0 Å². The molecule has 6 heteroatoms. The Kier molecular flexibility index (Phi) is 10.1. The van der Waals surface area contributed by atoms with Crippen LogP contribution in [0.4, 0.5) is 11.4 Å². The van der Waals surface area contributed by atoms with Crippen molar-refractivity contribution in [3.05, 3.63) is 119 Å². The molecule has 6 aromatic carbocycles. The number of rotatable bonds is 9. The van der Waals surface area contributed by atoms with Crippen molar-refractivity contribution in [3.63, 3.8) is 0 Å². The van der Waals surface area contributed by atoms with Crippen LogP contribution in [0.1, 0.15) is 22.3 Å². The van der Waals surface area contributed by atoms with Crippen LogP contribution in [0.3, 0.4) is 0 Å². The number of benzene rings is 6. The maximum Gasteiger partial charge on any atom is 0.0790 e. The van der Waals surface area contributed by atoms with Gasteiger partial charge in [0.25, 0.3) is 0 Å². The average molecular weight is 729 g/mol. The van der Waals surface area contributed by atoms with E-state index in [1.807, 2.05) is 0 Å². The second-order valence-corrected chi connectivity index (χ2v) is 27.2. The third-order valence-corrected chi connectivity index (χ3v) is 15.5. The molecule has 2 nitrogen and oxygen atoms in total. The van der Waals surface area contributed by atoms with Crippen molar-refractivity contribution in [2.24, 2.45) is 0 Å². The van der Waals surface area contributed by atoms with Gasteiger partial charge in [-0.3, -0.25) is 0 Å². The van der Waals surface area contributed by atoms with Gasteiger partial charge in [-0.1, -0.05) is 135 Å². The third kappa shape index (κ3) is 7.18. The van der Waals surface area contributed by atoms with E-state index in [0.29, 0.717) is 0 Å². The first-order chi connectivity index (χ1) is 23.5. The van der Waals surface area contributed by atoms with Gasteiger partial charge in [0.15, 0.2) is 0 Å². The van der Waals surface area contributed by atoms with Gasteiger partial charge < -0.3 is 9.80 Å². The fraction of sp³-hybridized carbons (Fsp3) is 0.273. The lowest BCUT2D eigenvalue weighted by atomic mass is 9.90. The van der Waals surface area contributed by atoms with Crippen molar-refractivity contribution in [2.45, 2.75) is 76.0 Å². The van der Waals surface area contributed by atoms with E-state index in [1.165, 1.54) is 76.7 Å². The first kappa shape index (κ1) is 36.4. The van der Waals surface area contributed by atoms with Gasteiger partial charge in [-0.15, -0.1) is 25.3 Å². The Morgan fingerprint density at radius 1 is 0.500 bits per heavy atom. The lowest BCUT2D eigenvalue weighted by Gasteiger charge is -2.30. The molecule has 0 N–H and O–H groups in total. The van der Waals surface area contributed by atoms with Crippen LogP contribution >= 0.6 is 25.3 Å². The van der Waals surface area contributed by atoms with E-state index in [4.69, 9.17) is 25.3 Å². The largest absolute Gasteiger partial charge is 0.370 e. The van der Waals surface area contributed by atoms with Gasteiger partial charge in [-0.05, 0) is 69.0 Å². The van der Waals surface area contributed by atoms with E-state index in [9.17, 15) is 0 Å². The Morgan fingerprint density at radius 3 is 1.22 bits per heavy atom. The highest BCUT2D eigenvalue weighted by Gasteiger charge is 2.26. The molecule has 0 fully saturated rings. The van der Waals surface area contributed by atoms with Gasteiger partial charge in [0.2, 0.25) is 0 Å². The molecular weight excluding hydrogens is 677 g/mol. The predicted octanol–water partition coefficient (Wildman–Crippen LogP) is 11.2. The SMILES string of the molecule is Cc1cc(CN(C)c2ccc3ccccc3c2-c2c(N(C)Cc3cc(C)cc([Si](C)(C)C)c3S)ccc3ccccc23)c(S)c([Si](C)(C)C)c1. The fourth-order valence-corrected chi connectivity index (χ4v) is 12.9. The molecule has 0 heterocycles. The second kappa shape index (κ2) is 13.9. The molecular formula is C44H52N2S2Si2. The number of thiol groups is 2. The number of aryl methyl sites for hydroxylation is 2. The van der Waals surface area contributed by atoms with E-state index in [0.717, 1.165) is 22.9 Å². The van der Waals surface area contributed by atoms with E-state index in [-0.39, 0.29) is 0 Å². The highest BCUT2D eigenvalue weighted by molar-refractivity contribution is 7.80. The Balaban J connectivity index is 1.56. The van der Waals surface area contributed by atoms with Crippen molar-refractivity contribution in [2.75, 3.05) is 23.9 Å². The molecule has 0 aromatic heterocycles. The Morgan fingerprint density at radius 2 is 0.860 bits per heavy atom. The van der Waals surface area contributed by atoms with E-state index >= 15 is 0 Å². The van der Waals surface area contributed by atoms with Gasteiger partial charge in [0.05, 0.1) is 16.1 Å². The van der Waals surface area contributed by atoms with Gasteiger partial charge in [-0.2, -0.15) is 0 Å². The van der Waals surface area contributed by atoms with E-state index in [1.54, 1.807) is 0 Å². The Labute approximate surface area is 313 Å². The molecule has 0 aliphatic rings. The molecule has 50 heavy (non-hydrogen) atoms. The quantitative estimate of drug-likeness (QED) is 0.113. The van der Waals surface area contributed by atoms with Crippen LogP contribution in [-0.4, -0.2) is 30.2 Å². The molecule has 0 atom stereocenters. The van der Waals surface area contributed by atoms with Crippen LogP contribution in [0, 0.1) is 13.8 Å². The molecule has 6 rings (SSSR count). The summed E-state index contributed by atoms with van der Waals surface area (Å²) in [4.78, 5) is 7.16. The molecule has 0 aliphatic carbocycles. The van der Waals surface area contributed by atoms with Crippen molar-refractivity contribution in [1.29, 1.82) is 0 Å². The maximum absolute atomic E-state index is 5.17. The zero-order chi connectivity index (χ0) is 36.1. The van der Waals surface area contributed by atoms with Crippen LogP contribution in [0.25, 0.3) is 32.7 Å². The van der Waals surface area contributed by atoms with Gasteiger partial charge >= 0.3 is 0 Å². The van der Waals surface area contributed by atoms with Crippen LogP contribution in [0.15, 0.2) is 107 Å². The summed E-state index contributed by atoms with van der Waals surface area (Å²) < 4.78 is 0. The average Bonchev–Trinajstić information content (AvgIpc) is 3.05. The summed E-state index contributed by atoms with van der Waals surface area (Å²) in [5.74, 6) is 0. The van der Waals surface area contributed by atoms with Crippen molar-refractivity contribution < 1.29 is 0 Å². The summed E-state index contributed by atoms with van der Waals surface area (Å²) >= 11 is 10.3. The predicted molar refractivity (Wildman–Crippen MR) is 234 cm³/mol. The minimum atomic E-state index is -1.58. The minimum Gasteiger partial charge on any atom is -0.370 e. The lowest BCUT2D eigenvalue weighted by Crippen LogP contribution is -2.39. The normalized spacial score (nSPS) is 12.2. The Bertz CT molecular complexity index is 2070. The number of fused-ring (bicyclic) bond motifs is 2. The van der Waals surface area contributed by atoms with Crippen LogP contribution in [-0.2, 0) is 13.1 Å². The maximum atomic E-state index is 5.17. The highest BCUT2D eigenvalue weighted by atomic mass is 32.1. The zero-order valence-electron chi connectivity index (χ0n) is 31.4. The highest BCUT2D eigenvalue weighted by Crippen LogP contribution is 2.46. The molecule has 0 spiro atoms. The molecule has 6 aromatic rings. The van der Waals surface area contributed by atoms with E-state index in [2.05, 4.69) is 174 Å². The second-order valence-electron chi connectivity index (χ2n) is 16.2. The first-order valence-electron chi connectivity index (χ1n) is 17.7. The number of hydrogen-bond acceptors (Lipinski definition) is 4. The summed E-state index contributed by atoms with van der Waals surface area (Å²) in [5.41, 5.74) is 10.1. The molecule has 0 bridgehead atoms. The van der Waals surface area contributed by atoms with Crippen molar-refractivity contribution in [3.8, 4) is 11.1 Å². The van der Waals surface area contributed by atoms with Crippen LogP contribution < -0.4 is 20.2 Å². The van der Waals surface area contributed by atoms with Crippen LogP contribution in [0.2, 0.25) is 39.3 Å². The molecule has 0 unspecified atom stereocenters. The summed E-state index contributed by atoms with van der Waals surface area (Å²) in [6.07, 6.45) is 0. The molecule has 258 valence electrons. The van der Waals surface area contributed by atoms with Gasteiger partial charge in [0.1, 0.15) is 0 Å². The number of nitrogens with zero attached hydrogens (tertiary/aromatic N) is 2. The third-order valence-electron chi connectivity index (χ3n) is 9.98. The summed E-state index contributed by atoms with van der Waals surface area (Å²) in [6, 6.07) is 36.3. The minimum absolute atomic E-state index is 0.769. The fourth-order valence-electron chi connectivity index (χ4n) is 7.46. The molecule has 0 aliphatic heterocycles. The molecule has 0 amide bonds. The van der Waals surface area contributed by atoms with Crippen molar-refractivity contribution in [1.82, 2.24) is 0 Å². The molecule has 0 saturated carbocycles. The number of hydrogen-bond donors (Lipinski definition) is 2. The monoisotopic (exact) mass is 728 g/mol. The summed E-state index contributed by atoms with van der Waals surface area (Å²) in [6.45, 7) is 20.4. The molecule has 0 saturated heterocycles. The standard InChI is InChI=1S/C44H52N2S2Si2/c1-29-23-33(43(47)39(25-29)49(5,6)7)27-45(3)37-21-19-31-15-11-13-17-35(31)41(37)42-36-18-14-12-16-32(36)20-22-38(42)46(4)28-34-24-30(2)26-40(44(34)48)50(8,9)10/h11-26,47-48H,27-28H2,1-10H3. The first-order valence-corrected chi connectivity index (χ1v) is 25.6. The number of anilines is 2. The smallest absolute Gasteiger partial charge is 0.0790 e. The van der Waals surface area contributed by atoms with Crippen LogP contribution in [0.5, 0.6) is 0 Å². The Hall–Kier alpha value is -3.43. The lowest BCUT2D eigenvalue weighted by molar-refractivity contribution is 0.900.